The van der Waals surface area contributed by atoms with Crippen molar-refractivity contribution in [3.8, 4) is 28.6 Å². The number of rotatable bonds is 7. The van der Waals surface area contributed by atoms with E-state index in [9.17, 15) is 4.79 Å². The van der Waals surface area contributed by atoms with Gasteiger partial charge >= 0.3 is 0 Å². The van der Waals surface area contributed by atoms with Gasteiger partial charge in [0.05, 0.1) is 31.8 Å². The number of fused-ring (bicyclic) bond motifs is 1. The van der Waals surface area contributed by atoms with Crippen molar-refractivity contribution in [1.82, 2.24) is 14.8 Å². The minimum absolute atomic E-state index is 0.141. The maximum atomic E-state index is 12.4. The number of methoxy groups -OCH3 is 1. The highest BCUT2D eigenvalue weighted by molar-refractivity contribution is 7.99. The van der Waals surface area contributed by atoms with Gasteiger partial charge in [0, 0.05) is 18.5 Å². The Balaban J connectivity index is 1.47. The SMILES string of the molecule is CCn1c(SCC(=O)Nc2ccccc2OC)nnc1-c1ccc2c(c1)OCCCO2. The summed E-state index contributed by atoms with van der Waals surface area (Å²) in [5.74, 6) is 2.87. The summed E-state index contributed by atoms with van der Waals surface area (Å²) in [4.78, 5) is 12.4. The zero-order valence-electron chi connectivity index (χ0n) is 17.5. The molecule has 0 atom stereocenters. The highest BCUT2D eigenvalue weighted by Gasteiger charge is 2.18. The fourth-order valence-electron chi connectivity index (χ4n) is 3.26. The van der Waals surface area contributed by atoms with Crippen LogP contribution >= 0.6 is 11.8 Å². The molecule has 31 heavy (non-hydrogen) atoms. The van der Waals surface area contributed by atoms with E-state index in [2.05, 4.69) is 15.5 Å². The highest BCUT2D eigenvalue weighted by Crippen LogP contribution is 2.34. The van der Waals surface area contributed by atoms with Crippen LogP contribution in [0.4, 0.5) is 5.69 Å². The molecule has 1 N–H and O–H groups in total. The number of aromatic nitrogens is 3. The van der Waals surface area contributed by atoms with E-state index in [0.717, 1.165) is 23.6 Å². The number of carbonyl (C=O) groups excluding carboxylic acids is 1. The number of ether oxygens (including phenoxy) is 3. The number of hydrogen-bond donors (Lipinski definition) is 1. The molecule has 9 heteroatoms. The summed E-state index contributed by atoms with van der Waals surface area (Å²) in [6.45, 7) is 3.97. The zero-order chi connectivity index (χ0) is 21.6. The first-order valence-electron chi connectivity index (χ1n) is 10.1. The van der Waals surface area contributed by atoms with Gasteiger partial charge in [0.25, 0.3) is 0 Å². The van der Waals surface area contributed by atoms with Gasteiger partial charge in [-0.05, 0) is 37.3 Å². The molecular weight excluding hydrogens is 416 g/mol. The Kier molecular flexibility index (Phi) is 6.61. The van der Waals surface area contributed by atoms with Crippen LogP contribution in [0.2, 0.25) is 0 Å². The van der Waals surface area contributed by atoms with Crippen molar-refractivity contribution in [2.75, 3.05) is 31.4 Å². The standard InChI is InChI=1S/C22H24N4O4S/c1-3-26-21(15-9-10-18-19(13-15)30-12-6-11-29-18)24-25-22(26)31-14-20(27)23-16-7-4-5-8-17(16)28-2/h4-5,7-10,13H,3,6,11-12,14H2,1-2H3,(H,23,27). The molecule has 162 valence electrons. The highest BCUT2D eigenvalue weighted by atomic mass is 32.2. The van der Waals surface area contributed by atoms with Crippen LogP contribution in [-0.2, 0) is 11.3 Å². The molecule has 0 unspecified atom stereocenters. The van der Waals surface area contributed by atoms with Gasteiger partial charge in [-0.15, -0.1) is 10.2 Å². The third-order valence-electron chi connectivity index (χ3n) is 4.75. The molecule has 0 radical (unpaired) electrons. The molecule has 0 saturated carbocycles. The first kappa shape index (κ1) is 21.0. The van der Waals surface area contributed by atoms with Crippen LogP contribution in [0.15, 0.2) is 47.6 Å². The molecule has 1 aliphatic rings. The van der Waals surface area contributed by atoms with Crippen molar-refractivity contribution < 1.29 is 19.0 Å². The van der Waals surface area contributed by atoms with Crippen molar-refractivity contribution in [3.63, 3.8) is 0 Å². The van der Waals surface area contributed by atoms with Crippen LogP contribution in [0.3, 0.4) is 0 Å². The summed E-state index contributed by atoms with van der Waals surface area (Å²) in [6.07, 6.45) is 0.854. The molecular formula is C22H24N4O4S. The molecule has 1 aromatic heterocycles. The molecule has 1 aliphatic heterocycles. The monoisotopic (exact) mass is 440 g/mol. The van der Waals surface area contributed by atoms with E-state index < -0.39 is 0 Å². The summed E-state index contributed by atoms with van der Waals surface area (Å²) in [6, 6.07) is 13.1. The van der Waals surface area contributed by atoms with Crippen LogP contribution in [0.1, 0.15) is 13.3 Å². The van der Waals surface area contributed by atoms with E-state index in [0.29, 0.717) is 42.1 Å². The number of hydrogen-bond acceptors (Lipinski definition) is 7. The fraction of sp³-hybridized carbons (Fsp3) is 0.318. The number of nitrogens with zero attached hydrogens (tertiary/aromatic N) is 3. The van der Waals surface area contributed by atoms with E-state index in [4.69, 9.17) is 14.2 Å². The molecule has 0 fully saturated rings. The van der Waals surface area contributed by atoms with Crippen molar-refractivity contribution in [3.05, 3.63) is 42.5 Å². The first-order valence-corrected chi connectivity index (χ1v) is 11.1. The average Bonchev–Trinajstić information content (AvgIpc) is 3.06. The summed E-state index contributed by atoms with van der Waals surface area (Å²) < 4.78 is 18.8. The molecule has 0 bridgehead atoms. The number of thioether (sulfide) groups is 1. The third kappa shape index (κ3) is 4.77. The molecule has 3 aromatic rings. The Hall–Kier alpha value is -3.20. The van der Waals surface area contributed by atoms with Crippen LogP contribution in [-0.4, -0.2) is 46.7 Å². The van der Waals surface area contributed by atoms with Crippen LogP contribution in [0.5, 0.6) is 17.2 Å². The molecule has 2 heterocycles. The van der Waals surface area contributed by atoms with E-state index in [1.807, 2.05) is 41.8 Å². The van der Waals surface area contributed by atoms with Crippen LogP contribution in [0.25, 0.3) is 11.4 Å². The maximum Gasteiger partial charge on any atom is 0.234 e. The molecule has 1 amide bonds. The van der Waals surface area contributed by atoms with Crippen molar-refractivity contribution in [1.29, 1.82) is 0 Å². The summed E-state index contributed by atoms with van der Waals surface area (Å²) in [5, 5.41) is 12.2. The lowest BCUT2D eigenvalue weighted by molar-refractivity contribution is -0.113. The Morgan fingerprint density at radius 3 is 2.77 bits per heavy atom. The minimum Gasteiger partial charge on any atom is -0.495 e. The molecule has 4 rings (SSSR count). The topological polar surface area (TPSA) is 87.5 Å². The molecule has 8 nitrogen and oxygen atoms in total. The first-order chi connectivity index (χ1) is 15.2. The lowest BCUT2D eigenvalue weighted by atomic mass is 10.2. The van der Waals surface area contributed by atoms with Gasteiger partial charge in [0.15, 0.2) is 22.5 Å². The number of benzene rings is 2. The number of amides is 1. The number of anilines is 1. The number of nitrogens with one attached hydrogen (secondary N) is 1. The third-order valence-corrected chi connectivity index (χ3v) is 5.72. The predicted octanol–water partition coefficient (Wildman–Crippen LogP) is 3.87. The van der Waals surface area contributed by atoms with E-state index in [1.54, 1.807) is 19.2 Å². The van der Waals surface area contributed by atoms with Crippen molar-refractivity contribution >= 4 is 23.4 Å². The molecule has 0 saturated heterocycles. The van der Waals surface area contributed by atoms with Gasteiger partial charge in [0.1, 0.15) is 5.75 Å². The van der Waals surface area contributed by atoms with E-state index >= 15 is 0 Å². The second-order valence-electron chi connectivity index (χ2n) is 6.80. The number of carbonyl (C=O) groups is 1. The normalized spacial score (nSPS) is 12.8. The van der Waals surface area contributed by atoms with Gasteiger partial charge in [-0.3, -0.25) is 4.79 Å². The minimum atomic E-state index is -0.141. The zero-order valence-corrected chi connectivity index (χ0v) is 18.3. The molecule has 0 spiro atoms. The van der Waals surface area contributed by atoms with Gasteiger partial charge in [-0.1, -0.05) is 23.9 Å². The summed E-state index contributed by atoms with van der Waals surface area (Å²) in [5.41, 5.74) is 1.53. The largest absolute Gasteiger partial charge is 0.495 e. The van der Waals surface area contributed by atoms with Crippen LogP contribution < -0.4 is 19.5 Å². The average molecular weight is 441 g/mol. The van der Waals surface area contributed by atoms with Crippen molar-refractivity contribution in [2.45, 2.75) is 25.0 Å². The molecule has 0 aliphatic carbocycles. The lowest BCUT2D eigenvalue weighted by Crippen LogP contribution is -2.15. The van der Waals surface area contributed by atoms with Gasteiger partial charge < -0.3 is 24.1 Å². The van der Waals surface area contributed by atoms with E-state index in [1.165, 1.54) is 11.8 Å². The lowest BCUT2D eigenvalue weighted by Gasteiger charge is -2.11. The Morgan fingerprint density at radius 1 is 1.16 bits per heavy atom. The van der Waals surface area contributed by atoms with E-state index in [-0.39, 0.29) is 11.7 Å². The van der Waals surface area contributed by atoms with Crippen LogP contribution in [0, 0.1) is 0 Å². The van der Waals surface area contributed by atoms with Crippen molar-refractivity contribution in [2.24, 2.45) is 0 Å². The summed E-state index contributed by atoms with van der Waals surface area (Å²) >= 11 is 1.34. The molecule has 2 aromatic carbocycles. The smallest absolute Gasteiger partial charge is 0.234 e. The second kappa shape index (κ2) is 9.74. The number of para-hydroxylation sites is 2. The van der Waals surface area contributed by atoms with Gasteiger partial charge in [-0.25, -0.2) is 0 Å². The quantitative estimate of drug-likeness (QED) is 0.558. The Bertz CT molecular complexity index is 1070. The van der Waals surface area contributed by atoms with Gasteiger partial charge in [0.2, 0.25) is 5.91 Å². The maximum absolute atomic E-state index is 12.4. The Morgan fingerprint density at radius 2 is 1.97 bits per heavy atom. The van der Waals surface area contributed by atoms with Gasteiger partial charge in [-0.2, -0.15) is 0 Å². The second-order valence-corrected chi connectivity index (χ2v) is 7.74. The summed E-state index contributed by atoms with van der Waals surface area (Å²) in [7, 11) is 1.57. The Labute approximate surface area is 184 Å². The fourth-order valence-corrected chi connectivity index (χ4v) is 4.06. The predicted molar refractivity (Wildman–Crippen MR) is 119 cm³/mol.